The largest absolute Gasteiger partial charge is 0.383 e. The predicted octanol–water partition coefficient (Wildman–Crippen LogP) is 1.11. The number of rotatable bonds is 5. The topological polar surface area (TPSA) is 55.4 Å². The fraction of sp³-hybridized carbons (Fsp3) is 1.00. The highest BCUT2D eigenvalue weighted by molar-refractivity contribution is 9.09. The van der Waals surface area contributed by atoms with Crippen LogP contribution >= 0.6 is 15.9 Å². The van der Waals surface area contributed by atoms with Crippen molar-refractivity contribution in [3.8, 4) is 0 Å². The molecule has 0 saturated carbocycles. The molecule has 0 fully saturated rings. The predicted molar refractivity (Wildman–Crippen MR) is 61.3 cm³/mol. The molecule has 4 nitrogen and oxygen atoms in total. The Labute approximate surface area is 94.6 Å². The lowest BCUT2D eigenvalue weighted by Gasteiger charge is -2.23. The summed E-state index contributed by atoms with van der Waals surface area (Å²) < 4.78 is 30.1. The van der Waals surface area contributed by atoms with Crippen molar-refractivity contribution in [3.63, 3.8) is 0 Å². The Morgan fingerprint density at radius 3 is 2.21 bits per heavy atom. The highest BCUT2D eigenvalue weighted by atomic mass is 79.9. The molecule has 0 saturated heterocycles. The third-order valence-electron chi connectivity index (χ3n) is 1.68. The smallest absolute Gasteiger partial charge is 0.216 e. The first-order valence-corrected chi connectivity index (χ1v) is 6.92. The van der Waals surface area contributed by atoms with Crippen LogP contribution in [0.2, 0.25) is 0 Å². The van der Waals surface area contributed by atoms with E-state index in [4.69, 9.17) is 4.74 Å². The van der Waals surface area contributed by atoms with E-state index in [1.165, 1.54) is 0 Å². The van der Waals surface area contributed by atoms with E-state index < -0.39 is 14.8 Å². The molecule has 0 rings (SSSR count). The number of hydrogen-bond donors (Lipinski definition) is 1. The maximum atomic E-state index is 11.7. The summed E-state index contributed by atoms with van der Waals surface area (Å²) in [6.07, 6.45) is 0. The van der Waals surface area contributed by atoms with E-state index in [9.17, 15) is 8.42 Å². The Bertz CT molecular complexity index is 258. The van der Waals surface area contributed by atoms with Crippen LogP contribution in [0, 0.1) is 0 Å². The quantitative estimate of drug-likeness (QED) is 0.771. The zero-order valence-electron chi connectivity index (χ0n) is 9.00. The molecule has 0 heterocycles. The summed E-state index contributed by atoms with van der Waals surface area (Å²) in [5.41, 5.74) is 0. The van der Waals surface area contributed by atoms with Gasteiger partial charge in [-0.3, -0.25) is 0 Å². The molecule has 0 spiro atoms. The Morgan fingerprint density at radius 1 is 1.43 bits per heavy atom. The zero-order valence-corrected chi connectivity index (χ0v) is 11.4. The summed E-state index contributed by atoms with van der Waals surface area (Å²) in [4.78, 5) is 0. The van der Waals surface area contributed by atoms with Crippen LogP contribution in [0.1, 0.15) is 20.8 Å². The minimum atomic E-state index is -3.29. The van der Waals surface area contributed by atoms with Crippen LogP contribution in [0.3, 0.4) is 0 Å². The maximum Gasteiger partial charge on any atom is 0.216 e. The van der Waals surface area contributed by atoms with Gasteiger partial charge in [0.15, 0.2) is 0 Å². The molecule has 0 bridgehead atoms. The Balaban J connectivity index is 4.49. The van der Waals surface area contributed by atoms with Gasteiger partial charge in [-0.2, -0.15) is 0 Å². The second-order valence-electron chi connectivity index (χ2n) is 4.04. The van der Waals surface area contributed by atoms with Crippen molar-refractivity contribution in [1.82, 2.24) is 4.72 Å². The molecular formula is C8H18BrNO3S. The van der Waals surface area contributed by atoms with Crippen LogP contribution in [0.4, 0.5) is 0 Å². The first-order valence-electron chi connectivity index (χ1n) is 4.31. The van der Waals surface area contributed by atoms with Gasteiger partial charge >= 0.3 is 0 Å². The fourth-order valence-corrected chi connectivity index (χ4v) is 2.21. The molecule has 1 unspecified atom stereocenters. The van der Waals surface area contributed by atoms with Crippen molar-refractivity contribution in [1.29, 1.82) is 0 Å². The lowest BCUT2D eigenvalue weighted by molar-refractivity contribution is 0.181. The van der Waals surface area contributed by atoms with Gasteiger partial charge in [0.2, 0.25) is 10.0 Å². The van der Waals surface area contributed by atoms with Crippen LogP contribution in [-0.2, 0) is 14.8 Å². The van der Waals surface area contributed by atoms with E-state index in [1.807, 2.05) is 0 Å². The minimum Gasteiger partial charge on any atom is -0.383 e. The summed E-state index contributed by atoms with van der Waals surface area (Å²) in [7, 11) is -1.75. The molecule has 0 aliphatic rings. The summed E-state index contributed by atoms with van der Waals surface area (Å²) in [6, 6.07) is -0.218. The van der Waals surface area contributed by atoms with Crippen molar-refractivity contribution >= 4 is 26.0 Å². The molecule has 0 aliphatic heterocycles. The number of halogens is 1. The summed E-state index contributed by atoms with van der Waals surface area (Å²) >= 11 is 3.23. The standard InChI is InChI=1S/C8H18BrNO3S/c1-8(2,3)14(11,12)10-7(5-9)6-13-4/h7,10H,5-6H2,1-4H3. The van der Waals surface area contributed by atoms with Crippen LogP contribution < -0.4 is 4.72 Å². The highest BCUT2D eigenvalue weighted by Crippen LogP contribution is 2.14. The van der Waals surface area contributed by atoms with E-state index >= 15 is 0 Å². The third-order valence-corrected chi connectivity index (χ3v) is 4.72. The van der Waals surface area contributed by atoms with Crippen molar-refractivity contribution < 1.29 is 13.2 Å². The van der Waals surface area contributed by atoms with Gasteiger partial charge in [0.05, 0.1) is 17.4 Å². The number of hydrogen-bond acceptors (Lipinski definition) is 3. The molecule has 1 atom stereocenters. The molecule has 0 aromatic heterocycles. The second-order valence-corrected chi connectivity index (χ2v) is 7.16. The van der Waals surface area contributed by atoms with Crippen LogP contribution in [0.5, 0.6) is 0 Å². The number of methoxy groups -OCH3 is 1. The number of ether oxygens (including phenoxy) is 1. The van der Waals surface area contributed by atoms with Gasteiger partial charge in [0.1, 0.15) is 0 Å². The highest BCUT2D eigenvalue weighted by Gasteiger charge is 2.30. The molecular weight excluding hydrogens is 270 g/mol. The molecule has 1 N–H and O–H groups in total. The van der Waals surface area contributed by atoms with Gasteiger partial charge in [0, 0.05) is 12.4 Å². The zero-order chi connectivity index (χ0) is 11.4. The average Bonchev–Trinajstić information content (AvgIpc) is 2.01. The van der Waals surface area contributed by atoms with Gasteiger partial charge in [0.25, 0.3) is 0 Å². The molecule has 0 amide bonds. The Kier molecular flexibility index (Phi) is 5.57. The monoisotopic (exact) mass is 287 g/mol. The fourth-order valence-electron chi connectivity index (χ4n) is 0.707. The van der Waals surface area contributed by atoms with Crippen molar-refractivity contribution in [3.05, 3.63) is 0 Å². The van der Waals surface area contributed by atoms with Gasteiger partial charge in [-0.15, -0.1) is 0 Å². The minimum absolute atomic E-state index is 0.218. The summed E-state index contributed by atoms with van der Waals surface area (Å²) in [6.45, 7) is 5.34. The van der Waals surface area contributed by atoms with Gasteiger partial charge in [-0.1, -0.05) is 15.9 Å². The van der Waals surface area contributed by atoms with Gasteiger partial charge in [-0.25, -0.2) is 13.1 Å². The van der Waals surface area contributed by atoms with Crippen LogP contribution in [-0.4, -0.2) is 38.3 Å². The lowest BCUT2D eigenvalue weighted by Crippen LogP contribution is -2.47. The lowest BCUT2D eigenvalue weighted by atomic mass is 10.3. The maximum absolute atomic E-state index is 11.7. The van der Waals surface area contributed by atoms with Crippen LogP contribution in [0.15, 0.2) is 0 Å². The summed E-state index contributed by atoms with van der Waals surface area (Å²) in [5.74, 6) is 0. The molecule has 86 valence electrons. The van der Waals surface area contributed by atoms with E-state index in [2.05, 4.69) is 20.7 Å². The first-order chi connectivity index (χ1) is 6.24. The molecule has 14 heavy (non-hydrogen) atoms. The van der Waals surface area contributed by atoms with E-state index in [0.29, 0.717) is 11.9 Å². The van der Waals surface area contributed by atoms with Crippen molar-refractivity contribution in [2.45, 2.75) is 31.6 Å². The number of sulfonamides is 1. The number of alkyl halides is 1. The van der Waals surface area contributed by atoms with Gasteiger partial charge in [-0.05, 0) is 20.8 Å². The SMILES string of the molecule is COCC(CBr)NS(=O)(=O)C(C)(C)C. The van der Waals surface area contributed by atoms with E-state index in [1.54, 1.807) is 27.9 Å². The molecule has 6 heteroatoms. The molecule has 0 aromatic carbocycles. The average molecular weight is 288 g/mol. The molecule has 0 aromatic rings. The first kappa shape index (κ1) is 14.3. The Hall–Kier alpha value is 0.350. The second kappa shape index (κ2) is 5.44. The molecule has 0 aliphatic carbocycles. The third kappa shape index (κ3) is 4.25. The Morgan fingerprint density at radius 2 is 1.93 bits per heavy atom. The molecule has 0 radical (unpaired) electrons. The van der Waals surface area contributed by atoms with Crippen molar-refractivity contribution in [2.75, 3.05) is 19.0 Å². The van der Waals surface area contributed by atoms with Gasteiger partial charge < -0.3 is 4.74 Å². The number of nitrogens with one attached hydrogen (secondary N) is 1. The van der Waals surface area contributed by atoms with E-state index in [-0.39, 0.29) is 6.04 Å². The van der Waals surface area contributed by atoms with E-state index in [0.717, 1.165) is 0 Å². The summed E-state index contributed by atoms with van der Waals surface area (Å²) in [5, 5.41) is 0.538. The van der Waals surface area contributed by atoms with Crippen LogP contribution in [0.25, 0.3) is 0 Å². The normalized spacial score (nSPS) is 15.5. The van der Waals surface area contributed by atoms with Crippen molar-refractivity contribution in [2.24, 2.45) is 0 Å².